The van der Waals surface area contributed by atoms with Crippen LogP contribution in [0.1, 0.15) is 59.8 Å². The number of hydrogen-bond acceptors (Lipinski definition) is 2. The first-order valence-corrected chi connectivity index (χ1v) is 6.96. The molecule has 16 heavy (non-hydrogen) atoms. The molecule has 2 nitrogen and oxygen atoms in total. The molecule has 0 spiro atoms. The lowest BCUT2D eigenvalue weighted by Crippen LogP contribution is -2.52. The lowest BCUT2D eigenvalue weighted by atomic mass is 9.84. The van der Waals surface area contributed by atoms with Crippen molar-refractivity contribution >= 4 is 0 Å². The molecule has 2 heteroatoms. The number of ether oxygens (including phenoxy) is 1. The molecule has 1 saturated heterocycles. The summed E-state index contributed by atoms with van der Waals surface area (Å²) in [7, 11) is 0. The van der Waals surface area contributed by atoms with E-state index in [1.165, 1.54) is 32.1 Å². The smallest absolute Gasteiger partial charge is 0.0806 e. The van der Waals surface area contributed by atoms with Gasteiger partial charge in [-0.1, -0.05) is 20.8 Å². The fourth-order valence-corrected chi connectivity index (χ4v) is 2.60. The van der Waals surface area contributed by atoms with Crippen LogP contribution in [0.3, 0.4) is 0 Å². The minimum absolute atomic E-state index is 0.0726. The van der Waals surface area contributed by atoms with E-state index in [9.17, 15) is 0 Å². The van der Waals surface area contributed by atoms with E-state index in [1.807, 2.05) is 0 Å². The van der Waals surface area contributed by atoms with Gasteiger partial charge in [0.05, 0.1) is 5.60 Å². The molecule has 0 bridgehead atoms. The number of hydrogen-bond donors (Lipinski definition) is 1. The standard InChI is InChI=1S/C14H29NO/c1-5-15-13(9-8-12(2)3)14(4)10-6-7-11-16-14/h12-13,15H,5-11H2,1-4H3. The molecule has 0 radical (unpaired) electrons. The van der Waals surface area contributed by atoms with Gasteiger partial charge in [-0.15, -0.1) is 0 Å². The molecule has 1 rings (SSSR count). The third kappa shape index (κ3) is 4.06. The van der Waals surface area contributed by atoms with E-state index in [4.69, 9.17) is 4.74 Å². The molecule has 0 aliphatic carbocycles. The van der Waals surface area contributed by atoms with Crippen LogP contribution >= 0.6 is 0 Å². The van der Waals surface area contributed by atoms with Crippen LogP contribution in [-0.2, 0) is 4.74 Å². The normalized spacial score (nSPS) is 28.3. The summed E-state index contributed by atoms with van der Waals surface area (Å²) in [5.41, 5.74) is 0.0726. The molecule has 0 saturated carbocycles. The van der Waals surface area contributed by atoms with Crippen LogP contribution in [0.25, 0.3) is 0 Å². The molecule has 2 unspecified atom stereocenters. The summed E-state index contributed by atoms with van der Waals surface area (Å²) in [5, 5.41) is 3.62. The Bertz CT molecular complexity index is 185. The largest absolute Gasteiger partial charge is 0.374 e. The van der Waals surface area contributed by atoms with Crippen molar-refractivity contribution in [2.45, 2.75) is 71.4 Å². The molecule has 1 aliphatic rings. The van der Waals surface area contributed by atoms with Crippen LogP contribution in [0.4, 0.5) is 0 Å². The Hall–Kier alpha value is -0.0800. The lowest BCUT2D eigenvalue weighted by molar-refractivity contribution is -0.0904. The zero-order chi connectivity index (χ0) is 12.0. The van der Waals surface area contributed by atoms with Crippen LogP contribution in [-0.4, -0.2) is 24.8 Å². The van der Waals surface area contributed by atoms with E-state index >= 15 is 0 Å². The highest BCUT2D eigenvalue weighted by molar-refractivity contribution is 4.91. The average Bonchev–Trinajstić information content (AvgIpc) is 2.24. The maximum atomic E-state index is 6.05. The monoisotopic (exact) mass is 227 g/mol. The highest BCUT2D eigenvalue weighted by Gasteiger charge is 2.35. The van der Waals surface area contributed by atoms with Crippen molar-refractivity contribution in [2.24, 2.45) is 5.92 Å². The van der Waals surface area contributed by atoms with Crippen molar-refractivity contribution in [3.8, 4) is 0 Å². The first-order chi connectivity index (χ1) is 7.58. The van der Waals surface area contributed by atoms with E-state index in [2.05, 4.69) is 33.0 Å². The van der Waals surface area contributed by atoms with E-state index in [1.54, 1.807) is 0 Å². The first-order valence-electron chi connectivity index (χ1n) is 6.96. The maximum Gasteiger partial charge on any atom is 0.0806 e. The van der Waals surface area contributed by atoms with Crippen molar-refractivity contribution in [3.63, 3.8) is 0 Å². The lowest BCUT2D eigenvalue weighted by Gasteiger charge is -2.41. The molecule has 1 aliphatic heterocycles. The Morgan fingerprint density at radius 3 is 2.50 bits per heavy atom. The van der Waals surface area contributed by atoms with Crippen molar-refractivity contribution in [2.75, 3.05) is 13.2 Å². The SMILES string of the molecule is CCNC(CCC(C)C)C1(C)CCCCO1. The molecular weight excluding hydrogens is 198 g/mol. The summed E-state index contributed by atoms with van der Waals surface area (Å²) in [6.45, 7) is 11.1. The molecule has 0 amide bonds. The molecule has 0 aromatic rings. The Balaban J connectivity index is 2.52. The number of rotatable bonds is 6. The second-order valence-corrected chi connectivity index (χ2v) is 5.70. The Morgan fingerprint density at radius 2 is 2.00 bits per heavy atom. The Kier molecular flexibility index (Phi) is 5.77. The fraction of sp³-hybridized carbons (Fsp3) is 1.00. The third-order valence-corrected chi connectivity index (χ3v) is 3.72. The summed E-state index contributed by atoms with van der Waals surface area (Å²) in [5.74, 6) is 0.786. The summed E-state index contributed by atoms with van der Waals surface area (Å²) in [6, 6.07) is 0.528. The molecular formula is C14H29NO. The highest BCUT2D eigenvalue weighted by Crippen LogP contribution is 2.30. The van der Waals surface area contributed by atoms with Gasteiger partial charge in [0.1, 0.15) is 0 Å². The van der Waals surface area contributed by atoms with Gasteiger partial charge in [0.15, 0.2) is 0 Å². The van der Waals surface area contributed by atoms with Gasteiger partial charge >= 0.3 is 0 Å². The predicted octanol–water partition coefficient (Wildman–Crippen LogP) is 3.36. The quantitative estimate of drug-likeness (QED) is 0.751. The third-order valence-electron chi connectivity index (χ3n) is 3.72. The van der Waals surface area contributed by atoms with Gasteiger partial charge in [-0.25, -0.2) is 0 Å². The topological polar surface area (TPSA) is 21.3 Å². The van der Waals surface area contributed by atoms with Crippen molar-refractivity contribution in [3.05, 3.63) is 0 Å². The Labute approximate surface area is 101 Å². The minimum atomic E-state index is 0.0726. The van der Waals surface area contributed by atoms with Gasteiger partial charge in [0, 0.05) is 12.6 Å². The summed E-state index contributed by atoms with van der Waals surface area (Å²) in [4.78, 5) is 0. The van der Waals surface area contributed by atoms with Gasteiger partial charge in [0.25, 0.3) is 0 Å². The van der Waals surface area contributed by atoms with E-state index < -0.39 is 0 Å². The van der Waals surface area contributed by atoms with E-state index in [0.29, 0.717) is 6.04 Å². The zero-order valence-corrected chi connectivity index (χ0v) is 11.5. The van der Waals surface area contributed by atoms with Crippen LogP contribution < -0.4 is 5.32 Å². The summed E-state index contributed by atoms with van der Waals surface area (Å²) < 4.78 is 6.05. The van der Waals surface area contributed by atoms with Gasteiger partial charge in [-0.2, -0.15) is 0 Å². The molecule has 2 atom stereocenters. The fourth-order valence-electron chi connectivity index (χ4n) is 2.60. The van der Waals surface area contributed by atoms with E-state index in [0.717, 1.165) is 19.1 Å². The van der Waals surface area contributed by atoms with Crippen molar-refractivity contribution in [1.82, 2.24) is 5.32 Å². The van der Waals surface area contributed by atoms with Crippen molar-refractivity contribution in [1.29, 1.82) is 0 Å². The second kappa shape index (κ2) is 6.61. The first kappa shape index (κ1) is 14.0. The highest BCUT2D eigenvalue weighted by atomic mass is 16.5. The van der Waals surface area contributed by atoms with Crippen LogP contribution in [0.5, 0.6) is 0 Å². The summed E-state index contributed by atoms with van der Waals surface area (Å²) >= 11 is 0. The average molecular weight is 227 g/mol. The number of nitrogens with one attached hydrogen (secondary N) is 1. The minimum Gasteiger partial charge on any atom is -0.374 e. The van der Waals surface area contributed by atoms with Gasteiger partial charge in [-0.05, 0) is 51.5 Å². The van der Waals surface area contributed by atoms with Gasteiger partial charge in [0.2, 0.25) is 0 Å². The number of likely N-dealkylation sites (N-methyl/N-ethyl adjacent to an activating group) is 1. The Morgan fingerprint density at radius 1 is 1.25 bits per heavy atom. The summed E-state index contributed by atoms with van der Waals surface area (Å²) in [6.07, 6.45) is 6.29. The molecule has 1 heterocycles. The zero-order valence-electron chi connectivity index (χ0n) is 11.5. The van der Waals surface area contributed by atoms with Crippen molar-refractivity contribution < 1.29 is 4.74 Å². The van der Waals surface area contributed by atoms with Crippen LogP contribution in [0, 0.1) is 5.92 Å². The molecule has 96 valence electrons. The molecule has 1 fully saturated rings. The van der Waals surface area contributed by atoms with Crippen LogP contribution in [0.15, 0.2) is 0 Å². The van der Waals surface area contributed by atoms with Crippen LogP contribution in [0.2, 0.25) is 0 Å². The molecule has 0 aromatic carbocycles. The molecule has 0 aromatic heterocycles. The second-order valence-electron chi connectivity index (χ2n) is 5.70. The molecule has 1 N–H and O–H groups in total. The van der Waals surface area contributed by atoms with Gasteiger partial charge < -0.3 is 10.1 Å². The predicted molar refractivity (Wildman–Crippen MR) is 69.7 cm³/mol. The van der Waals surface area contributed by atoms with Gasteiger partial charge in [-0.3, -0.25) is 0 Å². The maximum absolute atomic E-state index is 6.05. The van der Waals surface area contributed by atoms with E-state index in [-0.39, 0.29) is 5.60 Å².